The van der Waals surface area contributed by atoms with Gasteiger partial charge in [-0.25, -0.2) is 9.79 Å². The minimum Gasteiger partial charge on any atom is -0.453 e. The predicted molar refractivity (Wildman–Crippen MR) is 123 cm³/mol. The van der Waals surface area contributed by atoms with Crippen molar-refractivity contribution in [1.29, 1.82) is 5.41 Å². The summed E-state index contributed by atoms with van der Waals surface area (Å²) in [4.78, 5) is 17.3. The molecule has 5 nitrogen and oxygen atoms in total. The summed E-state index contributed by atoms with van der Waals surface area (Å²) in [6.07, 6.45) is 4.15. The van der Waals surface area contributed by atoms with Crippen molar-refractivity contribution in [2.75, 3.05) is 19.1 Å². The summed E-state index contributed by atoms with van der Waals surface area (Å²) >= 11 is 9.11. The van der Waals surface area contributed by atoms with E-state index in [9.17, 15) is 4.79 Å². The fourth-order valence-corrected chi connectivity index (χ4v) is 4.27. The average Bonchev–Trinajstić information content (AvgIpc) is 2.69. The lowest BCUT2D eigenvalue weighted by atomic mass is 9.90. The second-order valence-electron chi connectivity index (χ2n) is 6.04. The summed E-state index contributed by atoms with van der Waals surface area (Å²) in [5.74, 6) is 0.969. The molecule has 1 aromatic carbocycles. The van der Waals surface area contributed by atoms with Gasteiger partial charge in [-0.1, -0.05) is 42.4 Å². The van der Waals surface area contributed by atoms with Gasteiger partial charge in [-0.05, 0) is 60.3 Å². The molecule has 1 amide bonds. The van der Waals surface area contributed by atoms with Gasteiger partial charge in [0.25, 0.3) is 0 Å². The molecule has 1 aliphatic carbocycles. The zero-order chi connectivity index (χ0) is 20.7. The van der Waals surface area contributed by atoms with Gasteiger partial charge in [-0.15, -0.1) is 11.8 Å². The number of amidine groups is 1. The van der Waals surface area contributed by atoms with Gasteiger partial charge in [0, 0.05) is 9.93 Å². The molecule has 0 spiro atoms. The van der Waals surface area contributed by atoms with Crippen molar-refractivity contribution in [3.05, 3.63) is 51.4 Å². The minimum atomic E-state index is -0.574. The number of carbonyl (C=O) groups is 1. The zero-order valence-electron chi connectivity index (χ0n) is 16.3. The third-order valence-corrected chi connectivity index (χ3v) is 6.34. The standard InChI is InChI=1S/C20H24ClN3O2S2/c1-5-10-28-18-12(2)17(23-19(27-4)24-20(25)26-3)16(22)11-15(18)13-6-8-14(21)9-7-13/h6-9,11,17,22H,5,10H2,1-4H3,(H,23,24,25). The lowest BCUT2D eigenvalue weighted by Crippen LogP contribution is -2.32. The number of hydrogen-bond donors (Lipinski definition) is 2. The second-order valence-corrected chi connectivity index (χ2v) is 8.37. The zero-order valence-corrected chi connectivity index (χ0v) is 18.7. The van der Waals surface area contributed by atoms with Gasteiger partial charge in [0.1, 0.15) is 6.04 Å². The molecule has 0 saturated carbocycles. The number of aliphatic imine (C=N–C) groups is 1. The number of allylic oxidation sites excluding steroid dienone is 1. The van der Waals surface area contributed by atoms with E-state index in [0.717, 1.165) is 33.8 Å². The molecule has 8 heteroatoms. The molecule has 1 aromatic rings. The van der Waals surface area contributed by atoms with Crippen LogP contribution in [-0.4, -0.2) is 42.1 Å². The molecule has 0 heterocycles. The number of hydrogen-bond acceptors (Lipinski definition) is 6. The number of alkyl carbamates (subject to hydrolysis) is 1. The Kier molecular flexibility index (Phi) is 8.66. The van der Waals surface area contributed by atoms with Crippen molar-refractivity contribution in [2.24, 2.45) is 4.99 Å². The summed E-state index contributed by atoms with van der Waals surface area (Å²) < 4.78 is 4.65. The number of carbonyl (C=O) groups excluding carboxylic acids is 1. The lowest BCUT2D eigenvalue weighted by Gasteiger charge is -2.26. The van der Waals surface area contributed by atoms with Crippen LogP contribution in [0.5, 0.6) is 0 Å². The van der Waals surface area contributed by atoms with Crippen LogP contribution in [0.25, 0.3) is 5.57 Å². The van der Waals surface area contributed by atoms with E-state index in [0.29, 0.717) is 15.9 Å². The molecular weight excluding hydrogens is 414 g/mol. The molecule has 0 aliphatic heterocycles. The largest absolute Gasteiger partial charge is 0.453 e. The number of rotatable bonds is 5. The van der Waals surface area contributed by atoms with E-state index < -0.39 is 12.1 Å². The lowest BCUT2D eigenvalue weighted by molar-refractivity contribution is 0.177. The normalized spacial score (nSPS) is 17.5. The Balaban J connectivity index is 2.45. The fourth-order valence-electron chi connectivity index (χ4n) is 2.67. The van der Waals surface area contributed by atoms with Crippen LogP contribution in [0.3, 0.4) is 0 Å². The maximum Gasteiger partial charge on any atom is 0.412 e. The molecule has 28 heavy (non-hydrogen) atoms. The molecule has 1 aliphatic rings. The van der Waals surface area contributed by atoms with Crippen molar-refractivity contribution < 1.29 is 9.53 Å². The topological polar surface area (TPSA) is 74.5 Å². The molecular formula is C20H24ClN3O2S2. The highest BCUT2D eigenvalue weighted by Gasteiger charge is 2.27. The van der Waals surface area contributed by atoms with Gasteiger partial charge in [-0.2, -0.15) is 0 Å². The number of methoxy groups -OCH3 is 1. The van der Waals surface area contributed by atoms with E-state index in [4.69, 9.17) is 17.0 Å². The summed E-state index contributed by atoms with van der Waals surface area (Å²) in [6, 6.07) is 7.20. The molecule has 0 radical (unpaired) electrons. The quantitative estimate of drug-likeness (QED) is 0.463. The third-order valence-electron chi connectivity index (χ3n) is 4.05. The van der Waals surface area contributed by atoms with E-state index in [-0.39, 0.29) is 0 Å². The Morgan fingerprint density at radius 3 is 2.61 bits per heavy atom. The molecule has 0 saturated heterocycles. The van der Waals surface area contributed by atoms with Crippen molar-refractivity contribution in [3.63, 3.8) is 0 Å². The Hall–Kier alpha value is -1.70. The van der Waals surface area contributed by atoms with Crippen LogP contribution in [0.2, 0.25) is 5.02 Å². The SMILES string of the molecule is CCCSC1=C(C)C(N=C(NC(=O)OC)SC)C(=N)C=C1c1ccc(Cl)cc1. The molecule has 150 valence electrons. The van der Waals surface area contributed by atoms with E-state index in [1.54, 1.807) is 11.8 Å². The van der Waals surface area contributed by atoms with Crippen molar-refractivity contribution in [2.45, 2.75) is 26.3 Å². The minimum absolute atomic E-state index is 0.376. The van der Waals surface area contributed by atoms with Crippen molar-refractivity contribution in [1.82, 2.24) is 5.32 Å². The average molecular weight is 438 g/mol. The maximum atomic E-state index is 11.5. The molecule has 1 atom stereocenters. The van der Waals surface area contributed by atoms with Gasteiger partial charge in [0.15, 0.2) is 5.17 Å². The molecule has 1 unspecified atom stereocenters. The first-order chi connectivity index (χ1) is 13.4. The van der Waals surface area contributed by atoms with Gasteiger partial charge in [0.05, 0.1) is 12.8 Å². The van der Waals surface area contributed by atoms with Gasteiger partial charge in [0.2, 0.25) is 0 Å². The second kappa shape index (κ2) is 10.7. The highest BCUT2D eigenvalue weighted by molar-refractivity contribution is 8.13. The fraction of sp³-hybridized carbons (Fsp3) is 0.350. The Bertz CT molecular complexity index is 832. The number of ether oxygens (including phenoxy) is 1. The first-order valence-electron chi connectivity index (χ1n) is 8.78. The van der Waals surface area contributed by atoms with Gasteiger partial charge >= 0.3 is 6.09 Å². The van der Waals surface area contributed by atoms with Gasteiger partial charge < -0.3 is 10.1 Å². The molecule has 0 aromatic heterocycles. The Labute approximate surface area is 179 Å². The monoisotopic (exact) mass is 437 g/mol. The van der Waals surface area contributed by atoms with Crippen LogP contribution >= 0.6 is 35.1 Å². The predicted octanol–water partition coefficient (Wildman–Crippen LogP) is 5.62. The highest BCUT2D eigenvalue weighted by atomic mass is 35.5. The Morgan fingerprint density at radius 2 is 2.04 bits per heavy atom. The van der Waals surface area contributed by atoms with Crippen LogP contribution in [0, 0.1) is 5.41 Å². The summed E-state index contributed by atoms with van der Waals surface area (Å²) in [5, 5.41) is 12.3. The molecule has 0 fully saturated rings. The van der Waals surface area contributed by atoms with Crippen LogP contribution in [0.1, 0.15) is 25.8 Å². The number of thioether (sulfide) groups is 2. The van der Waals surface area contributed by atoms with Crippen LogP contribution < -0.4 is 5.32 Å². The molecule has 2 N–H and O–H groups in total. The number of amides is 1. The first kappa shape index (κ1) is 22.6. The van der Waals surface area contributed by atoms with E-state index in [2.05, 4.69) is 22.0 Å². The van der Waals surface area contributed by atoms with Crippen LogP contribution in [0.4, 0.5) is 4.79 Å². The maximum absolute atomic E-state index is 11.5. The van der Waals surface area contributed by atoms with Crippen molar-refractivity contribution >= 4 is 57.7 Å². The smallest absolute Gasteiger partial charge is 0.412 e. The number of benzene rings is 1. The first-order valence-corrected chi connectivity index (χ1v) is 11.4. The number of nitrogens with one attached hydrogen (secondary N) is 2. The summed E-state index contributed by atoms with van der Waals surface area (Å²) in [5.41, 5.74) is 3.40. The highest BCUT2D eigenvalue weighted by Crippen LogP contribution is 2.40. The number of halogens is 1. The third kappa shape index (κ3) is 5.65. The molecule has 2 rings (SSSR count). The Morgan fingerprint density at radius 1 is 1.36 bits per heavy atom. The van der Waals surface area contributed by atoms with E-state index in [1.807, 2.05) is 43.5 Å². The van der Waals surface area contributed by atoms with E-state index in [1.165, 1.54) is 18.9 Å². The van der Waals surface area contributed by atoms with E-state index >= 15 is 0 Å². The molecule has 0 bridgehead atoms. The van der Waals surface area contributed by atoms with Crippen molar-refractivity contribution in [3.8, 4) is 0 Å². The van der Waals surface area contributed by atoms with Crippen LogP contribution in [-0.2, 0) is 4.74 Å². The van der Waals surface area contributed by atoms with Gasteiger partial charge in [-0.3, -0.25) is 5.32 Å². The summed E-state index contributed by atoms with van der Waals surface area (Å²) in [7, 11) is 1.31. The van der Waals surface area contributed by atoms with Crippen LogP contribution in [0.15, 0.2) is 45.8 Å². The number of nitrogens with zero attached hydrogens (tertiary/aromatic N) is 1. The summed E-state index contributed by atoms with van der Waals surface area (Å²) in [6.45, 7) is 4.14.